The van der Waals surface area contributed by atoms with Crippen LogP contribution in [0.1, 0.15) is 29.6 Å². The van der Waals surface area contributed by atoms with Crippen molar-refractivity contribution in [1.29, 1.82) is 0 Å². The first kappa shape index (κ1) is 17.2. The summed E-state index contributed by atoms with van der Waals surface area (Å²) in [6, 6.07) is 17.0. The third-order valence-electron chi connectivity index (χ3n) is 4.58. The molecule has 1 saturated heterocycles. The van der Waals surface area contributed by atoms with E-state index in [2.05, 4.69) is 0 Å². The lowest BCUT2D eigenvalue weighted by molar-refractivity contribution is -0.137. The fraction of sp³-hybridized carbons (Fsp3) is 0.300. The number of carbonyl (C=O) groups is 2. The summed E-state index contributed by atoms with van der Waals surface area (Å²) in [4.78, 5) is 25.2. The van der Waals surface area contributed by atoms with E-state index >= 15 is 0 Å². The number of hydrogen-bond donors (Lipinski definition) is 2. The number of nitrogens with zero attached hydrogens (tertiary/aromatic N) is 1. The molecule has 2 N–H and O–H groups in total. The monoisotopic (exact) mass is 339 g/mol. The van der Waals surface area contributed by atoms with Crippen LogP contribution in [0.15, 0.2) is 54.6 Å². The highest BCUT2D eigenvalue weighted by Crippen LogP contribution is 2.25. The summed E-state index contributed by atoms with van der Waals surface area (Å²) >= 11 is 0. The summed E-state index contributed by atoms with van der Waals surface area (Å²) in [6.07, 6.45) is 0.196. The highest BCUT2D eigenvalue weighted by Gasteiger charge is 2.34. The fourth-order valence-electron chi connectivity index (χ4n) is 3.31. The number of benzene rings is 2. The van der Waals surface area contributed by atoms with Crippen molar-refractivity contribution >= 4 is 11.9 Å². The summed E-state index contributed by atoms with van der Waals surface area (Å²) in [5.41, 5.74) is 2.66. The number of β-amino-alcohol motifs (C(OH)–C–C–N with tert-alkyl or cyclic N) is 1. The standard InChI is InChI=1S/C20H21NO4/c22-18-12-17(10-11-19(23)24)21(13-18)20(25)16-8-6-15(7-9-16)14-4-2-1-3-5-14/h1-9,17-18,22H,10-13H2,(H,23,24)/t17-,18-/m1/s1. The molecule has 0 saturated carbocycles. The van der Waals surface area contributed by atoms with Crippen LogP contribution < -0.4 is 0 Å². The van der Waals surface area contributed by atoms with Gasteiger partial charge in [0.2, 0.25) is 0 Å². The van der Waals surface area contributed by atoms with Crippen LogP contribution in [0.25, 0.3) is 11.1 Å². The van der Waals surface area contributed by atoms with Crippen molar-refractivity contribution in [2.24, 2.45) is 0 Å². The summed E-state index contributed by atoms with van der Waals surface area (Å²) in [5, 5.41) is 18.7. The molecule has 25 heavy (non-hydrogen) atoms. The Morgan fingerprint density at radius 3 is 2.28 bits per heavy atom. The smallest absolute Gasteiger partial charge is 0.303 e. The first-order chi connectivity index (χ1) is 12.0. The van der Waals surface area contributed by atoms with E-state index in [0.717, 1.165) is 11.1 Å². The summed E-state index contributed by atoms with van der Waals surface area (Å²) in [6.45, 7) is 0.254. The molecule has 5 nitrogen and oxygen atoms in total. The molecule has 1 heterocycles. The van der Waals surface area contributed by atoms with Crippen LogP contribution in [-0.2, 0) is 4.79 Å². The van der Waals surface area contributed by atoms with Crippen LogP contribution in [0.5, 0.6) is 0 Å². The number of aliphatic carboxylic acids is 1. The van der Waals surface area contributed by atoms with Crippen molar-refractivity contribution in [2.45, 2.75) is 31.4 Å². The van der Waals surface area contributed by atoms with Crippen molar-refractivity contribution in [3.05, 3.63) is 60.2 Å². The van der Waals surface area contributed by atoms with Crippen LogP contribution in [-0.4, -0.2) is 45.7 Å². The minimum atomic E-state index is -0.888. The quantitative estimate of drug-likeness (QED) is 0.878. The average molecular weight is 339 g/mol. The van der Waals surface area contributed by atoms with Gasteiger partial charge in [-0.15, -0.1) is 0 Å². The summed E-state index contributed by atoms with van der Waals surface area (Å²) < 4.78 is 0. The third kappa shape index (κ3) is 4.06. The second-order valence-corrected chi connectivity index (χ2v) is 6.38. The Morgan fingerprint density at radius 1 is 1.00 bits per heavy atom. The Kier molecular flexibility index (Phi) is 5.14. The normalized spacial score (nSPS) is 19.8. The van der Waals surface area contributed by atoms with Gasteiger partial charge in [-0.1, -0.05) is 42.5 Å². The highest BCUT2D eigenvalue weighted by atomic mass is 16.4. The predicted molar refractivity (Wildman–Crippen MR) is 94.2 cm³/mol. The van der Waals surface area contributed by atoms with Crippen molar-refractivity contribution in [3.8, 4) is 11.1 Å². The van der Waals surface area contributed by atoms with E-state index < -0.39 is 12.1 Å². The molecular weight excluding hydrogens is 318 g/mol. The molecule has 0 aromatic heterocycles. The van der Waals surface area contributed by atoms with Gasteiger partial charge in [0.1, 0.15) is 0 Å². The topological polar surface area (TPSA) is 77.8 Å². The summed E-state index contributed by atoms with van der Waals surface area (Å²) in [7, 11) is 0. The number of amides is 1. The Bertz CT molecular complexity index is 742. The second-order valence-electron chi connectivity index (χ2n) is 6.38. The first-order valence-electron chi connectivity index (χ1n) is 8.41. The molecule has 0 unspecified atom stereocenters. The van der Waals surface area contributed by atoms with E-state index in [1.807, 2.05) is 42.5 Å². The molecule has 0 bridgehead atoms. The van der Waals surface area contributed by atoms with Gasteiger partial charge in [-0.25, -0.2) is 0 Å². The lowest BCUT2D eigenvalue weighted by atomic mass is 10.0. The van der Waals surface area contributed by atoms with Gasteiger partial charge in [-0.05, 0) is 36.1 Å². The molecule has 1 fully saturated rings. The molecule has 2 atom stereocenters. The van der Waals surface area contributed by atoms with Gasteiger partial charge < -0.3 is 15.1 Å². The maximum atomic E-state index is 12.8. The number of carboxylic acid groups (broad SMARTS) is 1. The number of hydrogen-bond acceptors (Lipinski definition) is 3. The Balaban J connectivity index is 1.74. The van der Waals surface area contributed by atoms with E-state index in [4.69, 9.17) is 5.11 Å². The second kappa shape index (κ2) is 7.49. The Hall–Kier alpha value is -2.66. The number of aliphatic hydroxyl groups excluding tert-OH is 1. The molecule has 0 spiro atoms. The lowest BCUT2D eigenvalue weighted by Crippen LogP contribution is -2.36. The van der Waals surface area contributed by atoms with E-state index in [0.29, 0.717) is 18.4 Å². The minimum absolute atomic E-state index is 0.00584. The zero-order chi connectivity index (χ0) is 17.8. The summed E-state index contributed by atoms with van der Waals surface area (Å²) in [5.74, 6) is -1.05. The minimum Gasteiger partial charge on any atom is -0.481 e. The molecule has 1 aliphatic rings. The highest BCUT2D eigenvalue weighted by molar-refractivity contribution is 5.95. The van der Waals surface area contributed by atoms with Crippen LogP contribution in [0.2, 0.25) is 0 Å². The molecule has 2 aromatic rings. The molecule has 5 heteroatoms. The predicted octanol–water partition coefficient (Wildman–Crippen LogP) is 2.79. The average Bonchev–Trinajstić information content (AvgIpc) is 3.01. The van der Waals surface area contributed by atoms with Gasteiger partial charge >= 0.3 is 5.97 Å². The van der Waals surface area contributed by atoms with Gasteiger partial charge in [0.05, 0.1) is 6.10 Å². The number of rotatable bonds is 5. The zero-order valence-electron chi connectivity index (χ0n) is 13.8. The van der Waals surface area contributed by atoms with Crippen molar-refractivity contribution in [3.63, 3.8) is 0 Å². The van der Waals surface area contributed by atoms with Gasteiger partial charge in [0.25, 0.3) is 5.91 Å². The number of carbonyl (C=O) groups excluding carboxylic acids is 1. The zero-order valence-corrected chi connectivity index (χ0v) is 13.8. The van der Waals surface area contributed by atoms with E-state index in [-0.39, 0.29) is 24.9 Å². The molecular formula is C20H21NO4. The van der Waals surface area contributed by atoms with Crippen LogP contribution in [0.3, 0.4) is 0 Å². The number of aliphatic hydroxyl groups is 1. The van der Waals surface area contributed by atoms with Crippen LogP contribution in [0, 0.1) is 0 Å². The van der Waals surface area contributed by atoms with Crippen LogP contribution >= 0.6 is 0 Å². The van der Waals surface area contributed by atoms with Gasteiger partial charge in [0.15, 0.2) is 0 Å². The number of likely N-dealkylation sites (tertiary alicyclic amines) is 1. The Morgan fingerprint density at radius 2 is 1.64 bits per heavy atom. The van der Waals surface area contributed by atoms with Gasteiger partial charge in [0, 0.05) is 24.6 Å². The molecule has 2 aromatic carbocycles. The van der Waals surface area contributed by atoms with Gasteiger partial charge in [-0.2, -0.15) is 0 Å². The first-order valence-corrected chi connectivity index (χ1v) is 8.41. The lowest BCUT2D eigenvalue weighted by Gasteiger charge is -2.24. The third-order valence-corrected chi connectivity index (χ3v) is 4.58. The molecule has 1 aliphatic heterocycles. The van der Waals surface area contributed by atoms with Crippen molar-refractivity contribution in [2.75, 3.05) is 6.54 Å². The molecule has 0 radical (unpaired) electrons. The SMILES string of the molecule is O=C(O)CC[C@@H]1C[C@@H](O)CN1C(=O)c1ccc(-c2ccccc2)cc1. The molecule has 1 amide bonds. The van der Waals surface area contributed by atoms with Gasteiger partial charge in [-0.3, -0.25) is 9.59 Å². The maximum absolute atomic E-state index is 12.8. The molecule has 3 rings (SSSR count). The molecule has 130 valence electrons. The number of carboxylic acids is 1. The Labute approximate surface area is 146 Å². The maximum Gasteiger partial charge on any atom is 0.303 e. The fourth-order valence-corrected chi connectivity index (χ4v) is 3.31. The van der Waals surface area contributed by atoms with E-state index in [9.17, 15) is 14.7 Å². The largest absolute Gasteiger partial charge is 0.481 e. The molecule has 0 aliphatic carbocycles. The van der Waals surface area contributed by atoms with E-state index in [1.165, 1.54) is 0 Å². The van der Waals surface area contributed by atoms with Crippen LogP contribution in [0.4, 0.5) is 0 Å². The van der Waals surface area contributed by atoms with Crippen molar-refractivity contribution in [1.82, 2.24) is 4.90 Å². The van der Waals surface area contributed by atoms with E-state index in [1.54, 1.807) is 17.0 Å². The van der Waals surface area contributed by atoms with Crippen molar-refractivity contribution < 1.29 is 19.8 Å².